The Bertz CT molecular complexity index is 2040. The average molecular weight is 990 g/mol. The van der Waals surface area contributed by atoms with Gasteiger partial charge >= 0.3 is 13.8 Å². The highest BCUT2D eigenvalue weighted by Crippen LogP contribution is 2.52. The number of allylic oxidation sites excluding steroid dienone is 3. The second-order valence-electron chi connectivity index (χ2n) is 19.6. The number of carbonyl (C=O) groups is 5. The van der Waals surface area contributed by atoms with Gasteiger partial charge in [0.2, 0.25) is 5.79 Å². The van der Waals surface area contributed by atoms with Gasteiger partial charge in [-0.25, -0.2) is 9.36 Å². The molecule has 1 aromatic rings. The number of nitrogens with zero attached hydrogens (tertiary/aromatic N) is 1. The van der Waals surface area contributed by atoms with Crippen molar-refractivity contribution < 1.29 is 76.0 Å². The number of hydrogen-bond donors (Lipinski definition) is 2. The smallest absolute Gasteiger partial charge is 0.456 e. The van der Waals surface area contributed by atoms with Crippen LogP contribution in [0.2, 0.25) is 0 Å². The second-order valence-corrected chi connectivity index (χ2v) is 21.3. The van der Waals surface area contributed by atoms with Gasteiger partial charge in [-0.1, -0.05) is 45.4 Å². The number of aldehydes is 1. The van der Waals surface area contributed by atoms with Crippen LogP contribution in [0.1, 0.15) is 123 Å². The van der Waals surface area contributed by atoms with Gasteiger partial charge in [0.15, 0.2) is 0 Å². The van der Waals surface area contributed by atoms with Crippen LogP contribution in [-0.4, -0.2) is 134 Å². The molecular formula is C51H76NO16P. The van der Waals surface area contributed by atoms with E-state index in [1.54, 1.807) is 20.8 Å². The molecule has 2 bridgehead atoms. The number of rotatable bonds is 12. The van der Waals surface area contributed by atoms with E-state index in [9.17, 15) is 38.8 Å². The molecule has 18 heteroatoms. The number of amides is 1. The van der Waals surface area contributed by atoms with E-state index in [-0.39, 0.29) is 49.2 Å². The predicted octanol–water partition coefficient (Wildman–Crippen LogP) is 7.14. The summed E-state index contributed by atoms with van der Waals surface area (Å²) >= 11 is 0. The number of aliphatic hydroxyl groups is 2. The molecule has 5 rings (SSSR count). The van der Waals surface area contributed by atoms with Crippen LogP contribution in [0.3, 0.4) is 0 Å². The largest absolute Gasteiger partial charge is 0.530 e. The maximum Gasteiger partial charge on any atom is 0.530 e. The fourth-order valence-corrected chi connectivity index (χ4v) is 11.7. The van der Waals surface area contributed by atoms with Crippen molar-refractivity contribution in [1.82, 2.24) is 4.90 Å². The Kier molecular flexibility index (Phi) is 20.5. The number of hydrogen-bond acceptors (Lipinski definition) is 16. The van der Waals surface area contributed by atoms with Crippen LogP contribution in [0.15, 0.2) is 47.6 Å². The zero-order chi connectivity index (χ0) is 50.8. The number of fused-ring (bicyclic) bond motifs is 3. The first-order valence-corrected chi connectivity index (χ1v) is 25.9. The van der Waals surface area contributed by atoms with Gasteiger partial charge in [0.25, 0.3) is 11.7 Å². The highest BCUT2D eigenvalue weighted by atomic mass is 31.2. The Balaban J connectivity index is 1.46. The van der Waals surface area contributed by atoms with Crippen molar-refractivity contribution in [2.45, 2.75) is 167 Å². The number of piperidine rings is 1. The topological polar surface area (TPSA) is 220 Å². The Morgan fingerprint density at radius 1 is 0.899 bits per heavy atom. The first-order valence-electron chi connectivity index (χ1n) is 24.4. The Labute approximate surface area is 407 Å². The van der Waals surface area contributed by atoms with E-state index in [1.165, 1.54) is 52.7 Å². The number of phosphoric ester groups is 1. The monoisotopic (exact) mass is 989 g/mol. The van der Waals surface area contributed by atoms with E-state index in [2.05, 4.69) is 0 Å². The molecule has 1 saturated carbocycles. The number of carbonyl (C=O) groups excluding carboxylic acids is 5. The Morgan fingerprint density at radius 3 is 2.19 bits per heavy atom. The summed E-state index contributed by atoms with van der Waals surface area (Å²) < 4.78 is 60.8. The van der Waals surface area contributed by atoms with Crippen molar-refractivity contribution >= 4 is 37.6 Å². The standard InChI is InChI=1S/C51H76NO16P/c1-11-37-23-30(2)22-31(3)24-44(62-8)47-45(63-9)26-33(5)51(59,66-47)48(56)49(57)52-21-13-12-14-39(52)50(58)65-46(34(6)40(54)28-41(37)55)32(4)25-36-17-20-42(43(27-36)61-7)68-69(60,64-10)67-38-18-15-35(29-53)16-19-38/h15-16,18-19,23,25,29,31,33-34,36-37,39-40,42-47,54,59H,11-14,17,20-22,24,26-28H2,1-10H3/b30-23+,32-25+/t31-,33+,34+,36-,37+,39-,40?,42+,43+,44-,45-,46+,47+,51+,69?/m0/s1. The number of esters is 1. The van der Waals surface area contributed by atoms with Gasteiger partial charge in [-0.3, -0.25) is 28.2 Å². The van der Waals surface area contributed by atoms with Crippen LogP contribution in [-0.2, 0) is 56.5 Å². The molecular weight excluding hydrogens is 914 g/mol. The summed E-state index contributed by atoms with van der Waals surface area (Å²) in [5.41, 5.74) is 1.95. The van der Waals surface area contributed by atoms with Gasteiger partial charge in [-0.15, -0.1) is 0 Å². The summed E-state index contributed by atoms with van der Waals surface area (Å²) in [6, 6.07) is 4.80. The maximum atomic E-state index is 14.6. The van der Waals surface area contributed by atoms with Gasteiger partial charge in [-0.05, 0) is 120 Å². The third-order valence-corrected chi connectivity index (χ3v) is 16.0. The lowest BCUT2D eigenvalue weighted by Gasteiger charge is -2.47. The van der Waals surface area contributed by atoms with Crippen LogP contribution >= 0.6 is 7.82 Å². The fraction of sp³-hybridized carbons (Fsp3) is 0.706. The lowest BCUT2D eigenvalue weighted by atomic mass is 9.81. The van der Waals surface area contributed by atoms with E-state index in [1.807, 2.05) is 32.9 Å². The first-order chi connectivity index (χ1) is 32.7. The normalized spacial score (nSPS) is 36.8. The van der Waals surface area contributed by atoms with Crippen molar-refractivity contribution in [3.63, 3.8) is 0 Å². The molecule has 17 nitrogen and oxygen atoms in total. The molecule has 0 radical (unpaired) electrons. The summed E-state index contributed by atoms with van der Waals surface area (Å²) in [6.07, 6.45) is 2.86. The molecule has 1 amide bonds. The maximum absolute atomic E-state index is 14.6. The minimum atomic E-state index is -4.14. The van der Waals surface area contributed by atoms with Gasteiger partial charge in [0.1, 0.15) is 36.1 Å². The second kappa shape index (κ2) is 25.1. The summed E-state index contributed by atoms with van der Waals surface area (Å²) in [6.45, 7) is 11.1. The lowest BCUT2D eigenvalue weighted by Crippen LogP contribution is -2.64. The van der Waals surface area contributed by atoms with Crippen LogP contribution < -0.4 is 4.52 Å². The number of phosphoric acid groups is 1. The molecule has 2 saturated heterocycles. The zero-order valence-electron chi connectivity index (χ0n) is 42.0. The highest BCUT2D eigenvalue weighted by Gasteiger charge is 2.56. The summed E-state index contributed by atoms with van der Waals surface area (Å²) in [5.74, 6) is -7.93. The van der Waals surface area contributed by atoms with Crippen LogP contribution in [0.5, 0.6) is 5.75 Å². The Morgan fingerprint density at radius 2 is 1.57 bits per heavy atom. The molecule has 0 aromatic heterocycles. The molecule has 1 aromatic carbocycles. The van der Waals surface area contributed by atoms with E-state index in [0.29, 0.717) is 68.8 Å². The van der Waals surface area contributed by atoms with E-state index >= 15 is 0 Å². The highest BCUT2D eigenvalue weighted by molar-refractivity contribution is 7.48. The molecule has 69 heavy (non-hydrogen) atoms. The van der Waals surface area contributed by atoms with Crippen molar-refractivity contribution in [3.8, 4) is 5.75 Å². The molecule has 4 aliphatic rings. The van der Waals surface area contributed by atoms with Crippen LogP contribution in [0.25, 0.3) is 0 Å². The minimum absolute atomic E-state index is 0.000630. The first kappa shape index (κ1) is 56.3. The van der Waals surface area contributed by atoms with Crippen LogP contribution in [0.4, 0.5) is 0 Å². The molecule has 1 aliphatic carbocycles. The van der Waals surface area contributed by atoms with Crippen LogP contribution in [0, 0.1) is 29.6 Å². The van der Waals surface area contributed by atoms with Gasteiger partial charge in [-0.2, -0.15) is 0 Å². The van der Waals surface area contributed by atoms with Crippen molar-refractivity contribution in [3.05, 3.63) is 53.1 Å². The van der Waals surface area contributed by atoms with Gasteiger partial charge < -0.3 is 43.3 Å². The predicted molar refractivity (Wildman–Crippen MR) is 254 cm³/mol. The SMILES string of the molecule is CC[C@@H]1/C=C(\C)C[C@H](C)C[C@H](OC)[C@H]2O[C@@](O)(C(=O)C(=O)N3CCCC[C@H]3C(=O)O[C@H](/C(C)=C/[C@@H]3CC[C@@H](OP(=O)(OC)Oc4ccc(C=O)cc4)[C@H](OC)C3)[C@H](C)C(O)CC1=O)[C@H](C)C[C@@H]2OC. The molecule has 3 aliphatic heterocycles. The van der Waals surface area contributed by atoms with Crippen molar-refractivity contribution in [1.29, 1.82) is 0 Å². The molecule has 2 unspecified atom stereocenters. The molecule has 3 heterocycles. The molecule has 386 valence electrons. The Hall–Kier alpha value is -3.64. The third kappa shape index (κ3) is 13.9. The number of benzene rings is 1. The molecule has 2 N–H and O–H groups in total. The number of aliphatic hydroxyl groups excluding tert-OH is 1. The van der Waals surface area contributed by atoms with Gasteiger partial charge in [0, 0.05) is 64.7 Å². The average Bonchev–Trinajstić information content (AvgIpc) is 3.34. The zero-order valence-corrected chi connectivity index (χ0v) is 42.9. The molecule has 0 spiro atoms. The number of cyclic esters (lactones) is 1. The van der Waals surface area contributed by atoms with Crippen molar-refractivity contribution in [2.24, 2.45) is 29.6 Å². The molecule has 3 fully saturated rings. The number of methoxy groups -OCH3 is 3. The minimum Gasteiger partial charge on any atom is -0.456 e. The third-order valence-electron chi connectivity index (χ3n) is 14.6. The quantitative estimate of drug-likeness (QED) is 0.0699. The fourth-order valence-electron chi connectivity index (χ4n) is 10.5. The van der Waals surface area contributed by atoms with E-state index in [4.69, 9.17) is 37.3 Å². The summed E-state index contributed by atoms with van der Waals surface area (Å²) in [5, 5.41) is 24.0. The summed E-state index contributed by atoms with van der Waals surface area (Å²) in [4.78, 5) is 69.6. The number of ketones is 2. The lowest BCUT2D eigenvalue weighted by molar-refractivity contribution is -0.302. The molecule has 15 atom stereocenters. The number of ether oxygens (including phenoxy) is 5. The number of Topliss-reactive ketones (excluding diaryl/α,β-unsaturated/α-hetero) is 2. The van der Waals surface area contributed by atoms with Gasteiger partial charge in [0.05, 0.1) is 30.5 Å². The summed E-state index contributed by atoms with van der Waals surface area (Å²) in [7, 11) is 1.62. The van der Waals surface area contributed by atoms with E-state index < -0.39 is 97.8 Å². The van der Waals surface area contributed by atoms with E-state index in [0.717, 1.165) is 10.5 Å². The van der Waals surface area contributed by atoms with Crippen molar-refractivity contribution in [2.75, 3.05) is 35.0 Å².